The molecule has 2 rings (SSSR count). The Balaban J connectivity index is 2.58. The van der Waals surface area contributed by atoms with Crippen LogP contribution in [-0.4, -0.2) is 24.8 Å². The fourth-order valence-electron chi connectivity index (χ4n) is 1.63. The Morgan fingerprint density at radius 2 is 2.20 bits per heavy atom. The fraction of sp³-hybridized carbons (Fsp3) is 0.444. The third-order valence-corrected chi connectivity index (χ3v) is 2.34. The molecule has 2 heterocycles. The molecule has 0 saturated carbocycles. The van der Waals surface area contributed by atoms with Gasteiger partial charge in [-0.2, -0.15) is 5.10 Å². The number of aryl methyl sites for hydroxylation is 2. The second-order valence-electron chi connectivity index (χ2n) is 3.46. The van der Waals surface area contributed by atoms with E-state index in [4.69, 9.17) is 5.73 Å². The predicted molar refractivity (Wildman–Crippen MR) is 56.7 cm³/mol. The van der Waals surface area contributed by atoms with Crippen molar-refractivity contribution in [3.63, 3.8) is 0 Å². The van der Waals surface area contributed by atoms with Crippen LogP contribution >= 0.6 is 0 Å². The zero-order valence-electron chi connectivity index (χ0n) is 9.10. The molecular weight excluding hydrogens is 192 g/mol. The minimum atomic E-state index is 0.487. The molecule has 0 unspecified atom stereocenters. The van der Waals surface area contributed by atoms with Crippen molar-refractivity contribution in [1.82, 2.24) is 24.8 Å². The van der Waals surface area contributed by atoms with E-state index in [9.17, 15) is 0 Å². The Labute approximate surface area is 87.7 Å². The number of aromatic nitrogens is 5. The average molecular weight is 206 g/mol. The van der Waals surface area contributed by atoms with Crippen LogP contribution in [0.4, 0.5) is 5.82 Å². The van der Waals surface area contributed by atoms with E-state index in [1.54, 1.807) is 9.36 Å². The van der Waals surface area contributed by atoms with Gasteiger partial charge in [0.05, 0.1) is 17.6 Å². The molecule has 80 valence electrons. The molecule has 6 heteroatoms. The first kappa shape index (κ1) is 9.70. The predicted octanol–water partition coefficient (Wildman–Crippen LogP) is 0.454. The molecule has 0 aliphatic rings. The first-order valence-corrected chi connectivity index (χ1v) is 4.84. The van der Waals surface area contributed by atoms with Crippen molar-refractivity contribution in [2.24, 2.45) is 7.05 Å². The first-order chi connectivity index (χ1) is 7.13. The monoisotopic (exact) mass is 206 g/mol. The summed E-state index contributed by atoms with van der Waals surface area (Å²) in [6.07, 6.45) is 2.70. The third kappa shape index (κ3) is 1.47. The van der Waals surface area contributed by atoms with Crippen LogP contribution in [0.1, 0.15) is 18.3 Å². The molecule has 0 saturated heterocycles. The van der Waals surface area contributed by atoms with Crippen LogP contribution in [-0.2, 0) is 13.5 Å². The lowest BCUT2D eigenvalue weighted by molar-refractivity contribution is 0.752. The number of nitrogens with two attached hydrogens (primary N) is 1. The summed E-state index contributed by atoms with van der Waals surface area (Å²) in [6, 6.07) is 0. The standard InChI is InChI=1S/C9H14N6/c1-4-7-9(10)11-13-15(7)8-5-14(3)12-6(8)2/h5H,4,10H2,1-3H3. The van der Waals surface area contributed by atoms with E-state index < -0.39 is 0 Å². The number of anilines is 1. The highest BCUT2D eigenvalue weighted by Crippen LogP contribution is 2.16. The van der Waals surface area contributed by atoms with Gasteiger partial charge in [0, 0.05) is 7.05 Å². The van der Waals surface area contributed by atoms with Crippen LogP contribution in [0.25, 0.3) is 5.69 Å². The number of hydrogen-bond donors (Lipinski definition) is 1. The molecule has 2 aromatic heterocycles. The smallest absolute Gasteiger partial charge is 0.169 e. The molecule has 2 N–H and O–H groups in total. The summed E-state index contributed by atoms with van der Waals surface area (Å²) < 4.78 is 3.50. The average Bonchev–Trinajstić information content (AvgIpc) is 2.69. The van der Waals surface area contributed by atoms with Crippen molar-refractivity contribution < 1.29 is 0 Å². The lowest BCUT2D eigenvalue weighted by Gasteiger charge is -2.01. The summed E-state index contributed by atoms with van der Waals surface area (Å²) in [4.78, 5) is 0. The normalized spacial score (nSPS) is 10.9. The Morgan fingerprint density at radius 3 is 2.73 bits per heavy atom. The van der Waals surface area contributed by atoms with E-state index in [-0.39, 0.29) is 0 Å². The highest BCUT2D eigenvalue weighted by molar-refractivity contribution is 5.41. The Kier molecular flexibility index (Phi) is 2.18. The molecule has 0 fully saturated rings. The summed E-state index contributed by atoms with van der Waals surface area (Å²) >= 11 is 0. The van der Waals surface area contributed by atoms with Gasteiger partial charge in [0.25, 0.3) is 0 Å². The van der Waals surface area contributed by atoms with Gasteiger partial charge >= 0.3 is 0 Å². The molecule has 0 amide bonds. The topological polar surface area (TPSA) is 74.5 Å². The first-order valence-electron chi connectivity index (χ1n) is 4.84. The Bertz CT molecular complexity index is 481. The number of rotatable bonds is 2. The van der Waals surface area contributed by atoms with Crippen molar-refractivity contribution in [2.75, 3.05) is 5.73 Å². The molecule has 0 aromatic carbocycles. The zero-order valence-corrected chi connectivity index (χ0v) is 9.10. The van der Waals surface area contributed by atoms with Crippen LogP contribution in [0, 0.1) is 6.92 Å². The lowest BCUT2D eigenvalue weighted by atomic mass is 10.3. The highest BCUT2D eigenvalue weighted by atomic mass is 15.5. The van der Waals surface area contributed by atoms with Gasteiger partial charge in [0.2, 0.25) is 0 Å². The van der Waals surface area contributed by atoms with E-state index in [0.717, 1.165) is 23.5 Å². The van der Waals surface area contributed by atoms with Crippen LogP contribution in [0.5, 0.6) is 0 Å². The van der Waals surface area contributed by atoms with Crippen molar-refractivity contribution in [1.29, 1.82) is 0 Å². The molecule has 0 bridgehead atoms. The van der Waals surface area contributed by atoms with Gasteiger partial charge in [-0.25, -0.2) is 4.68 Å². The molecular formula is C9H14N6. The SMILES string of the molecule is CCc1c(N)nnn1-c1cn(C)nc1C. The number of nitrogen functional groups attached to an aromatic ring is 1. The van der Waals surface area contributed by atoms with Gasteiger partial charge in [-0.15, -0.1) is 5.10 Å². The zero-order chi connectivity index (χ0) is 11.0. The van der Waals surface area contributed by atoms with Gasteiger partial charge in [-0.05, 0) is 13.3 Å². The molecule has 15 heavy (non-hydrogen) atoms. The second-order valence-corrected chi connectivity index (χ2v) is 3.46. The third-order valence-electron chi connectivity index (χ3n) is 2.34. The molecule has 2 aromatic rings. The fourth-order valence-corrected chi connectivity index (χ4v) is 1.63. The minimum Gasteiger partial charge on any atom is -0.381 e. The molecule has 0 aliphatic heterocycles. The lowest BCUT2D eigenvalue weighted by Crippen LogP contribution is -2.03. The molecule has 6 nitrogen and oxygen atoms in total. The summed E-state index contributed by atoms with van der Waals surface area (Å²) in [7, 11) is 1.88. The van der Waals surface area contributed by atoms with Gasteiger partial charge in [0.1, 0.15) is 5.69 Å². The van der Waals surface area contributed by atoms with Crippen molar-refractivity contribution in [2.45, 2.75) is 20.3 Å². The maximum Gasteiger partial charge on any atom is 0.169 e. The van der Waals surface area contributed by atoms with E-state index in [2.05, 4.69) is 15.4 Å². The summed E-state index contributed by atoms with van der Waals surface area (Å²) in [5.41, 5.74) is 8.49. The van der Waals surface area contributed by atoms with E-state index >= 15 is 0 Å². The summed E-state index contributed by atoms with van der Waals surface area (Å²) in [5, 5.41) is 12.1. The van der Waals surface area contributed by atoms with Gasteiger partial charge < -0.3 is 5.73 Å². The van der Waals surface area contributed by atoms with Crippen molar-refractivity contribution in [3.05, 3.63) is 17.6 Å². The van der Waals surface area contributed by atoms with Crippen molar-refractivity contribution >= 4 is 5.82 Å². The largest absolute Gasteiger partial charge is 0.381 e. The molecule has 0 aliphatic carbocycles. The highest BCUT2D eigenvalue weighted by Gasteiger charge is 2.13. The quantitative estimate of drug-likeness (QED) is 0.774. The van der Waals surface area contributed by atoms with Gasteiger partial charge in [0.15, 0.2) is 5.82 Å². The van der Waals surface area contributed by atoms with Crippen LogP contribution in [0.2, 0.25) is 0 Å². The summed E-state index contributed by atoms with van der Waals surface area (Å²) in [5.74, 6) is 0.487. The maximum absolute atomic E-state index is 5.72. The van der Waals surface area contributed by atoms with E-state index in [1.807, 2.05) is 27.1 Å². The van der Waals surface area contributed by atoms with E-state index in [1.165, 1.54) is 0 Å². The summed E-state index contributed by atoms with van der Waals surface area (Å²) in [6.45, 7) is 3.96. The maximum atomic E-state index is 5.72. The molecule has 0 atom stereocenters. The molecule has 0 spiro atoms. The minimum absolute atomic E-state index is 0.487. The second kappa shape index (κ2) is 3.38. The van der Waals surface area contributed by atoms with Crippen molar-refractivity contribution in [3.8, 4) is 5.69 Å². The number of hydrogen-bond acceptors (Lipinski definition) is 4. The van der Waals surface area contributed by atoms with Gasteiger partial charge in [-0.3, -0.25) is 4.68 Å². The van der Waals surface area contributed by atoms with E-state index in [0.29, 0.717) is 5.82 Å². The molecule has 0 radical (unpaired) electrons. The van der Waals surface area contributed by atoms with Crippen LogP contribution in [0.3, 0.4) is 0 Å². The van der Waals surface area contributed by atoms with Gasteiger partial charge in [-0.1, -0.05) is 12.1 Å². The number of nitrogens with zero attached hydrogens (tertiary/aromatic N) is 5. The Hall–Kier alpha value is -1.85. The van der Waals surface area contributed by atoms with Crippen LogP contribution in [0.15, 0.2) is 6.20 Å². The van der Waals surface area contributed by atoms with Crippen LogP contribution < -0.4 is 5.73 Å². The Morgan fingerprint density at radius 1 is 1.47 bits per heavy atom.